The molecule has 5 N–H and O–H groups in total. The van der Waals surface area contributed by atoms with E-state index < -0.39 is 11.8 Å². The monoisotopic (exact) mass is 396 g/mol. The number of H-pyrrole nitrogens is 1. The molecule has 2 heterocycles. The number of nitrogen functional groups attached to an aromatic ring is 1. The minimum atomic E-state index is -0.551. The molecular weight excluding hydrogens is 383 g/mol. The van der Waals surface area contributed by atoms with Gasteiger partial charge in [0.05, 0.1) is 21.6 Å². The standard InChI is InChI=1S/C19H14ClFN6O/c20-13-9-12(5-6-14(13)21)25-19(28)24-11-3-1-10(2-4-11)17-16-15(7-8-23-17)26-27-18(16)22/h1-9H,(H3,22,26,27)(H2,24,25,28). The summed E-state index contributed by atoms with van der Waals surface area (Å²) in [6, 6.07) is 12.4. The summed E-state index contributed by atoms with van der Waals surface area (Å²) in [4.78, 5) is 16.5. The zero-order valence-electron chi connectivity index (χ0n) is 14.3. The van der Waals surface area contributed by atoms with Crippen molar-refractivity contribution < 1.29 is 9.18 Å². The molecule has 4 rings (SSSR count). The molecule has 0 saturated carbocycles. The number of pyridine rings is 1. The largest absolute Gasteiger partial charge is 0.382 e. The Morgan fingerprint density at radius 1 is 1.07 bits per heavy atom. The fourth-order valence-electron chi connectivity index (χ4n) is 2.79. The van der Waals surface area contributed by atoms with Crippen molar-refractivity contribution in [1.29, 1.82) is 0 Å². The lowest BCUT2D eigenvalue weighted by Crippen LogP contribution is -2.19. The van der Waals surface area contributed by atoms with Crippen molar-refractivity contribution in [3.63, 3.8) is 0 Å². The zero-order valence-corrected chi connectivity index (χ0v) is 15.1. The van der Waals surface area contributed by atoms with Crippen LogP contribution in [0.3, 0.4) is 0 Å². The van der Waals surface area contributed by atoms with Crippen LogP contribution in [0.1, 0.15) is 0 Å². The van der Waals surface area contributed by atoms with Gasteiger partial charge >= 0.3 is 6.03 Å². The summed E-state index contributed by atoms with van der Waals surface area (Å²) >= 11 is 5.71. The fourth-order valence-corrected chi connectivity index (χ4v) is 2.97. The number of urea groups is 1. The van der Waals surface area contributed by atoms with Crippen LogP contribution in [-0.4, -0.2) is 21.2 Å². The molecule has 2 aromatic heterocycles. The van der Waals surface area contributed by atoms with Gasteiger partial charge < -0.3 is 16.4 Å². The first-order chi connectivity index (χ1) is 13.5. The van der Waals surface area contributed by atoms with Crippen LogP contribution in [0.25, 0.3) is 22.2 Å². The van der Waals surface area contributed by atoms with Crippen LogP contribution in [-0.2, 0) is 0 Å². The number of nitrogens with one attached hydrogen (secondary N) is 3. The second-order valence-corrected chi connectivity index (χ2v) is 6.38. The highest BCUT2D eigenvalue weighted by Gasteiger charge is 2.11. The Kier molecular flexibility index (Phi) is 4.54. The van der Waals surface area contributed by atoms with E-state index in [2.05, 4.69) is 25.8 Å². The van der Waals surface area contributed by atoms with Crippen LogP contribution in [0, 0.1) is 5.82 Å². The molecule has 0 unspecified atom stereocenters. The van der Waals surface area contributed by atoms with Crippen LogP contribution in [0.5, 0.6) is 0 Å². The number of nitrogens with two attached hydrogens (primary N) is 1. The van der Waals surface area contributed by atoms with Crippen LogP contribution in [0.15, 0.2) is 54.7 Å². The third-order valence-electron chi connectivity index (χ3n) is 4.10. The predicted molar refractivity (Wildman–Crippen MR) is 108 cm³/mol. The van der Waals surface area contributed by atoms with Gasteiger partial charge in [-0.1, -0.05) is 23.7 Å². The molecule has 7 nitrogen and oxygen atoms in total. The van der Waals surface area contributed by atoms with Crippen molar-refractivity contribution >= 4 is 45.7 Å². The number of halogens is 2. The van der Waals surface area contributed by atoms with E-state index >= 15 is 0 Å². The van der Waals surface area contributed by atoms with Crippen molar-refractivity contribution in [1.82, 2.24) is 15.2 Å². The molecule has 2 amide bonds. The average molecular weight is 397 g/mol. The van der Waals surface area contributed by atoms with Crippen molar-refractivity contribution in [3.8, 4) is 11.3 Å². The number of amides is 2. The number of hydrogen-bond donors (Lipinski definition) is 4. The number of benzene rings is 2. The van der Waals surface area contributed by atoms with Crippen molar-refractivity contribution in [2.24, 2.45) is 0 Å². The zero-order chi connectivity index (χ0) is 19.7. The Labute approximate surface area is 163 Å². The number of aromatic nitrogens is 3. The summed E-state index contributed by atoms with van der Waals surface area (Å²) in [7, 11) is 0. The molecule has 0 bridgehead atoms. The number of carbonyl (C=O) groups excluding carboxylic acids is 1. The molecule has 0 saturated heterocycles. The number of rotatable bonds is 3. The van der Waals surface area contributed by atoms with Gasteiger partial charge in [-0.25, -0.2) is 9.18 Å². The Bertz CT molecular complexity index is 1170. The first-order valence-electron chi connectivity index (χ1n) is 8.23. The molecule has 0 fully saturated rings. The van der Waals surface area contributed by atoms with E-state index in [1.807, 2.05) is 12.1 Å². The Hall–Kier alpha value is -3.65. The number of anilines is 3. The number of carbonyl (C=O) groups is 1. The number of hydrogen-bond acceptors (Lipinski definition) is 4. The van der Waals surface area contributed by atoms with E-state index in [4.69, 9.17) is 17.3 Å². The first kappa shape index (κ1) is 17.7. The highest BCUT2D eigenvalue weighted by molar-refractivity contribution is 6.31. The van der Waals surface area contributed by atoms with E-state index in [-0.39, 0.29) is 5.02 Å². The Morgan fingerprint density at radius 3 is 2.54 bits per heavy atom. The Morgan fingerprint density at radius 2 is 1.79 bits per heavy atom. The molecule has 0 aliphatic carbocycles. The summed E-state index contributed by atoms with van der Waals surface area (Å²) in [6.45, 7) is 0. The molecule has 28 heavy (non-hydrogen) atoms. The first-order valence-corrected chi connectivity index (χ1v) is 8.61. The average Bonchev–Trinajstić information content (AvgIpc) is 3.07. The van der Waals surface area contributed by atoms with E-state index in [0.29, 0.717) is 22.9 Å². The molecular formula is C19H14ClFN6O. The van der Waals surface area contributed by atoms with Crippen LogP contribution < -0.4 is 16.4 Å². The molecule has 0 aliphatic rings. The fraction of sp³-hybridized carbons (Fsp3) is 0. The smallest absolute Gasteiger partial charge is 0.323 e. The lowest BCUT2D eigenvalue weighted by Gasteiger charge is -2.09. The second kappa shape index (κ2) is 7.16. The van der Waals surface area contributed by atoms with Gasteiger partial charge in [-0.05, 0) is 36.4 Å². The Balaban J connectivity index is 1.51. The van der Waals surface area contributed by atoms with Crippen molar-refractivity contribution in [3.05, 3.63) is 65.6 Å². The lowest BCUT2D eigenvalue weighted by atomic mass is 10.1. The molecule has 0 aliphatic heterocycles. The second-order valence-electron chi connectivity index (χ2n) is 5.98. The molecule has 0 radical (unpaired) electrons. The lowest BCUT2D eigenvalue weighted by molar-refractivity contribution is 0.262. The van der Waals surface area contributed by atoms with E-state index in [9.17, 15) is 9.18 Å². The van der Waals surface area contributed by atoms with Gasteiger partial charge in [-0.2, -0.15) is 5.10 Å². The summed E-state index contributed by atoms with van der Waals surface area (Å²) in [5.74, 6) is -0.178. The molecule has 0 spiro atoms. The number of aromatic amines is 1. The van der Waals surface area contributed by atoms with Crippen molar-refractivity contribution in [2.75, 3.05) is 16.4 Å². The highest BCUT2D eigenvalue weighted by atomic mass is 35.5. The minimum absolute atomic E-state index is 0.0673. The van der Waals surface area contributed by atoms with Gasteiger partial charge in [-0.3, -0.25) is 10.1 Å². The van der Waals surface area contributed by atoms with E-state index in [1.54, 1.807) is 24.4 Å². The molecule has 9 heteroatoms. The highest BCUT2D eigenvalue weighted by Crippen LogP contribution is 2.29. The summed E-state index contributed by atoms with van der Waals surface area (Å²) < 4.78 is 13.2. The van der Waals surface area contributed by atoms with Crippen LogP contribution >= 0.6 is 11.6 Å². The summed E-state index contributed by atoms with van der Waals surface area (Å²) in [5.41, 5.74) is 9.19. The van der Waals surface area contributed by atoms with Gasteiger partial charge in [0, 0.05) is 23.1 Å². The third kappa shape index (κ3) is 3.45. The molecule has 2 aromatic carbocycles. The van der Waals surface area contributed by atoms with Crippen LogP contribution in [0.2, 0.25) is 5.02 Å². The molecule has 0 atom stereocenters. The van der Waals surface area contributed by atoms with Gasteiger partial charge in [0.2, 0.25) is 0 Å². The van der Waals surface area contributed by atoms with Crippen molar-refractivity contribution in [2.45, 2.75) is 0 Å². The summed E-state index contributed by atoms with van der Waals surface area (Å²) in [6.07, 6.45) is 1.67. The van der Waals surface area contributed by atoms with E-state index in [0.717, 1.165) is 16.5 Å². The molecule has 140 valence electrons. The predicted octanol–water partition coefficient (Wildman–Crippen LogP) is 4.64. The van der Waals surface area contributed by atoms with Gasteiger partial charge in [0.1, 0.15) is 5.82 Å². The number of fused-ring (bicyclic) bond motifs is 1. The third-order valence-corrected chi connectivity index (χ3v) is 4.39. The maximum atomic E-state index is 13.2. The SMILES string of the molecule is Nc1n[nH]c2ccnc(-c3ccc(NC(=O)Nc4ccc(F)c(Cl)c4)cc3)c12. The maximum Gasteiger partial charge on any atom is 0.323 e. The van der Waals surface area contributed by atoms with Crippen LogP contribution in [0.4, 0.5) is 26.4 Å². The van der Waals surface area contributed by atoms with Gasteiger partial charge in [-0.15, -0.1) is 0 Å². The quantitative estimate of drug-likeness (QED) is 0.404. The van der Waals surface area contributed by atoms with E-state index in [1.165, 1.54) is 18.2 Å². The van der Waals surface area contributed by atoms with Gasteiger partial charge in [0.25, 0.3) is 0 Å². The minimum Gasteiger partial charge on any atom is -0.382 e. The number of nitrogens with zero attached hydrogens (tertiary/aromatic N) is 2. The maximum absolute atomic E-state index is 13.2. The van der Waals surface area contributed by atoms with Gasteiger partial charge in [0.15, 0.2) is 5.82 Å². The normalized spacial score (nSPS) is 10.8. The topological polar surface area (TPSA) is 109 Å². The summed E-state index contributed by atoms with van der Waals surface area (Å²) in [5, 5.41) is 12.8. The molecule has 4 aromatic rings.